The zero-order valence-electron chi connectivity index (χ0n) is 26.2. The Kier molecular flexibility index (Phi) is 13.9. The summed E-state index contributed by atoms with van der Waals surface area (Å²) >= 11 is -0.0703. The van der Waals surface area contributed by atoms with E-state index in [1.54, 1.807) is 6.07 Å². The summed E-state index contributed by atoms with van der Waals surface area (Å²) in [7, 11) is -6.09. The van der Waals surface area contributed by atoms with Gasteiger partial charge in [-0.05, 0) is 81.4 Å². The number of halogens is 4. The third-order valence-electron chi connectivity index (χ3n) is 6.54. The Balaban J connectivity index is 0.000000259. The molecule has 5 nitrogen and oxygen atoms in total. The van der Waals surface area contributed by atoms with Crippen LogP contribution < -0.4 is 21.2 Å². The molecule has 0 aliphatic heterocycles. The van der Waals surface area contributed by atoms with Crippen LogP contribution in [0.2, 0.25) is 0 Å². The third-order valence-corrected chi connectivity index (χ3v) is 9.79. The molecule has 0 spiro atoms. The minimum absolute atomic E-state index is 0.0703. The Hall–Kier alpha value is -3.09. The van der Waals surface area contributed by atoms with Gasteiger partial charge in [-0.25, -0.2) is 8.42 Å². The first-order valence-electron chi connectivity index (χ1n) is 14.1. The SMILES string of the molecule is CC(C)(C)c1ccc([I+]c2ccc(C(C)(C)C)cc2)cc1.O=Nc1ccccc1CCc1ccccc1.O=S(=O)([O-])C(F)(F)F. The van der Waals surface area contributed by atoms with Crippen molar-refractivity contribution in [1.29, 1.82) is 0 Å². The summed E-state index contributed by atoms with van der Waals surface area (Å²) in [5.74, 6) is 0. The van der Waals surface area contributed by atoms with Gasteiger partial charge in [-0.2, -0.15) is 13.2 Å². The van der Waals surface area contributed by atoms with Crippen LogP contribution in [-0.4, -0.2) is 18.5 Å². The normalized spacial score (nSPS) is 11.9. The quantitative estimate of drug-likeness (QED) is 0.0998. The molecule has 0 unspecified atom stereocenters. The molecule has 4 aromatic rings. The number of nitroso groups, excluding NO2 is 1. The predicted octanol–water partition coefficient (Wildman–Crippen LogP) is 6.33. The standard InChI is InChI=1S/C20H26I.C14H13NO.CHF3O3S/c1-19(2,3)15-7-11-17(12-8-15)21-18-13-9-16(10-14-18)20(4,5)6;16-15-14-9-5-4-8-13(14)11-10-12-6-2-1-3-7-12;2-1(3,4)8(5,6)7/h7-14H,1-6H3;1-9H,10-11H2;(H,5,6,7)/q+1;;/p-1. The van der Waals surface area contributed by atoms with Gasteiger partial charge < -0.3 is 4.55 Å². The van der Waals surface area contributed by atoms with Crippen LogP contribution in [0.25, 0.3) is 0 Å². The molecule has 0 radical (unpaired) electrons. The van der Waals surface area contributed by atoms with Crippen molar-refractivity contribution in [3.05, 3.63) is 137 Å². The monoisotopic (exact) mass is 753 g/mol. The van der Waals surface area contributed by atoms with E-state index in [1.165, 1.54) is 23.8 Å². The Bertz CT molecular complexity index is 1540. The number of hydrogen-bond donors (Lipinski definition) is 0. The van der Waals surface area contributed by atoms with Crippen LogP contribution in [0, 0.1) is 12.0 Å². The minimum Gasteiger partial charge on any atom is -0.741 e. The largest absolute Gasteiger partial charge is 0.741 e. The van der Waals surface area contributed by atoms with E-state index in [9.17, 15) is 18.1 Å². The van der Waals surface area contributed by atoms with Crippen molar-refractivity contribution < 1.29 is 47.3 Å². The summed E-state index contributed by atoms with van der Waals surface area (Å²) in [5, 5.41) is 3.03. The van der Waals surface area contributed by atoms with Crippen molar-refractivity contribution in [3.63, 3.8) is 0 Å². The van der Waals surface area contributed by atoms with Gasteiger partial charge in [0.05, 0.1) is 0 Å². The Morgan fingerprint density at radius 3 is 1.42 bits per heavy atom. The van der Waals surface area contributed by atoms with Crippen molar-refractivity contribution in [3.8, 4) is 0 Å². The second kappa shape index (κ2) is 16.5. The van der Waals surface area contributed by atoms with Gasteiger partial charge in [0.15, 0.2) is 17.3 Å². The molecule has 0 aliphatic carbocycles. The number of hydrogen-bond acceptors (Lipinski definition) is 5. The van der Waals surface area contributed by atoms with E-state index in [4.69, 9.17) is 13.0 Å². The van der Waals surface area contributed by atoms with Crippen LogP contribution in [0.3, 0.4) is 0 Å². The van der Waals surface area contributed by atoms with Crippen LogP contribution >= 0.6 is 0 Å². The molecule has 0 aliphatic rings. The number of rotatable bonds is 6. The molecule has 0 saturated heterocycles. The zero-order valence-corrected chi connectivity index (χ0v) is 29.2. The van der Waals surface area contributed by atoms with Crippen molar-refractivity contribution in [2.45, 2.75) is 70.7 Å². The van der Waals surface area contributed by atoms with Gasteiger partial charge in [-0.1, -0.05) is 114 Å². The van der Waals surface area contributed by atoms with Crippen molar-refractivity contribution in [2.24, 2.45) is 5.18 Å². The van der Waals surface area contributed by atoms with E-state index in [1.807, 2.05) is 36.4 Å². The fourth-order valence-corrected chi connectivity index (χ4v) is 6.04. The summed E-state index contributed by atoms with van der Waals surface area (Å²) in [6, 6.07) is 36.1. The Morgan fingerprint density at radius 2 is 1.04 bits per heavy atom. The second-order valence-electron chi connectivity index (χ2n) is 12.2. The number of benzene rings is 4. The first-order chi connectivity index (χ1) is 20.8. The highest BCUT2D eigenvalue weighted by Gasteiger charge is 2.37. The maximum atomic E-state index is 10.7. The molecule has 0 saturated carbocycles. The van der Waals surface area contributed by atoms with E-state index < -0.39 is 15.6 Å². The fraction of sp³-hybridized carbons (Fsp3) is 0.314. The van der Waals surface area contributed by atoms with Crippen LogP contribution in [0.5, 0.6) is 0 Å². The van der Waals surface area contributed by atoms with Gasteiger partial charge in [0, 0.05) is 0 Å². The second-order valence-corrected chi connectivity index (χ2v) is 16.6. The third kappa shape index (κ3) is 13.4. The molecule has 10 heteroatoms. The number of nitrogens with zero attached hydrogens (tertiary/aromatic N) is 1. The molecule has 4 rings (SSSR count). The highest BCUT2D eigenvalue weighted by atomic mass is 127. The molecule has 0 fully saturated rings. The van der Waals surface area contributed by atoms with Crippen LogP contribution in [0.1, 0.15) is 63.8 Å². The van der Waals surface area contributed by atoms with Crippen LogP contribution in [-0.2, 0) is 33.8 Å². The molecule has 0 aromatic heterocycles. The molecular weight excluding hydrogens is 714 g/mol. The summed E-state index contributed by atoms with van der Waals surface area (Å²) in [5.41, 5.74) is 0.517. The number of alkyl halides is 3. The molecule has 0 heterocycles. The molecule has 0 bridgehead atoms. The summed E-state index contributed by atoms with van der Waals surface area (Å²) < 4.78 is 61.9. The smallest absolute Gasteiger partial charge is 0.485 e. The highest BCUT2D eigenvalue weighted by Crippen LogP contribution is 2.23. The lowest BCUT2D eigenvalue weighted by Crippen LogP contribution is -3.61. The van der Waals surface area contributed by atoms with Gasteiger partial charge >= 0.3 is 26.7 Å². The van der Waals surface area contributed by atoms with E-state index >= 15 is 0 Å². The van der Waals surface area contributed by atoms with Crippen molar-refractivity contribution in [2.75, 3.05) is 0 Å². The number of aryl methyl sites for hydroxylation is 2. The topological polar surface area (TPSA) is 86.6 Å². The molecule has 242 valence electrons. The molecule has 45 heavy (non-hydrogen) atoms. The van der Waals surface area contributed by atoms with Crippen molar-refractivity contribution in [1.82, 2.24) is 0 Å². The summed E-state index contributed by atoms with van der Waals surface area (Å²) in [6.07, 6.45) is 1.79. The zero-order chi connectivity index (χ0) is 33.9. The molecular formula is C35H39F3INO4S. The average Bonchev–Trinajstić information content (AvgIpc) is 2.96. The van der Waals surface area contributed by atoms with Gasteiger partial charge in [-0.3, -0.25) is 0 Å². The van der Waals surface area contributed by atoms with Crippen LogP contribution in [0.4, 0.5) is 18.9 Å². The molecule has 0 atom stereocenters. The lowest BCUT2D eigenvalue weighted by atomic mass is 9.87. The Labute approximate surface area is 275 Å². The highest BCUT2D eigenvalue weighted by molar-refractivity contribution is 7.86. The Morgan fingerprint density at radius 1 is 0.644 bits per heavy atom. The minimum atomic E-state index is -6.09. The molecule has 0 N–H and O–H groups in total. The van der Waals surface area contributed by atoms with E-state index in [0.717, 1.165) is 18.4 Å². The van der Waals surface area contributed by atoms with E-state index in [0.29, 0.717) is 5.69 Å². The predicted molar refractivity (Wildman–Crippen MR) is 169 cm³/mol. The van der Waals surface area contributed by atoms with Crippen LogP contribution in [0.15, 0.2) is 108 Å². The van der Waals surface area contributed by atoms with E-state index in [2.05, 4.69) is 107 Å². The molecule has 4 aromatic carbocycles. The molecule has 0 amide bonds. The first-order valence-corrected chi connectivity index (χ1v) is 17.7. The van der Waals surface area contributed by atoms with E-state index in [-0.39, 0.29) is 32.0 Å². The van der Waals surface area contributed by atoms with Crippen molar-refractivity contribution >= 4 is 15.8 Å². The lowest BCUT2D eigenvalue weighted by Gasteiger charge is -2.18. The average molecular weight is 754 g/mol. The van der Waals surface area contributed by atoms with Gasteiger partial charge in [0.1, 0.15) is 5.69 Å². The first kappa shape index (κ1) is 38.1. The summed E-state index contributed by atoms with van der Waals surface area (Å²) in [4.78, 5) is 10.6. The maximum Gasteiger partial charge on any atom is 0.485 e. The fourth-order valence-electron chi connectivity index (χ4n) is 3.89. The maximum absolute atomic E-state index is 10.7. The van der Waals surface area contributed by atoms with Gasteiger partial charge in [0.2, 0.25) is 0 Å². The lowest BCUT2D eigenvalue weighted by molar-refractivity contribution is -0.597. The van der Waals surface area contributed by atoms with Gasteiger partial charge in [0.25, 0.3) is 0 Å². The van der Waals surface area contributed by atoms with Gasteiger partial charge in [-0.15, -0.1) is 4.91 Å². The summed E-state index contributed by atoms with van der Waals surface area (Å²) in [6.45, 7) is 13.6.